The summed E-state index contributed by atoms with van der Waals surface area (Å²) in [6, 6.07) is 14.2. The summed E-state index contributed by atoms with van der Waals surface area (Å²) in [6.45, 7) is -0.0226. The number of amides is 4. The zero-order chi connectivity index (χ0) is 33.2. The minimum Gasteiger partial charge on any atom is -0.378 e. The van der Waals surface area contributed by atoms with Crippen molar-refractivity contribution in [3.8, 4) is 6.07 Å². The van der Waals surface area contributed by atoms with E-state index in [1.807, 2.05) is 67.5 Å². The molecule has 0 saturated carbocycles. The van der Waals surface area contributed by atoms with E-state index in [1.165, 1.54) is 22.4 Å². The molecule has 1 unspecified atom stereocenters. The molecule has 2 aromatic carbocycles. The second kappa shape index (κ2) is 13.4. The van der Waals surface area contributed by atoms with Crippen LogP contribution in [0.3, 0.4) is 0 Å². The summed E-state index contributed by atoms with van der Waals surface area (Å²) in [4.78, 5) is 51.2. The Balaban J connectivity index is 1.30. The second-order valence-electron chi connectivity index (χ2n) is 12.0. The topological polar surface area (TPSA) is 142 Å². The van der Waals surface area contributed by atoms with Crippen LogP contribution in [0.15, 0.2) is 66.3 Å². The third-order valence-corrected chi connectivity index (χ3v) is 9.51. The van der Waals surface area contributed by atoms with Crippen LogP contribution in [0.1, 0.15) is 17.5 Å². The minimum absolute atomic E-state index is 0.109. The Kier molecular flexibility index (Phi) is 9.10. The Bertz CT molecular complexity index is 1780. The molecule has 3 atom stereocenters. The number of allylic oxidation sites excluding steroid dienone is 2. The number of fused-ring (bicyclic) bond motifs is 2. The Morgan fingerprint density at radius 2 is 2.00 bits per heavy atom. The number of rotatable bonds is 9. The number of hydrogen-bond donors (Lipinski definition) is 2. The van der Waals surface area contributed by atoms with Gasteiger partial charge in [-0.1, -0.05) is 53.8 Å². The van der Waals surface area contributed by atoms with Crippen LogP contribution in [0.5, 0.6) is 0 Å². The van der Waals surface area contributed by atoms with Crippen LogP contribution in [-0.4, -0.2) is 101 Å². The molecule has 3 N–H and O–H groups in total. The first-order valence-corrected chi connectivity index (χ1v) is 16.1. The molecule has 4 amide bonds. The number of nitrogen functional groups attached to an aromatic ring is 1. The van der Waals surface area contributed by atoms with Crippen LogP contribution in [0.4, 0.5) is 20.0 Å². The number of thiazole rings is 1. The van der Waals surface area contributed by atoms with Crippen molar-refractivity contribution < 1.29 is 18.8 Å². The highest BCUT2D eigenvalue weighted by molar-refractivity contribution is 7.22. The van der Waals surface area contributed by atoms with Crippen molar-refractivity contribution in [2.24, 2.45) is 0 Å². The van der Waals surface area contributed by atoms with Crippen molar-refractivity contribution in [2.75, 3.05) is 50.9 Å². The number of urea groups is 1. The number of carbonyl (C=O) groups excluding carboxylic acids is 3. The smallest absolute Gasteiger partial charge is 0.333 e. The lowest BCUT2D eigenvalue weighted by molar-refractivity contribution is -0.157. The Hall–Kier alpha value is -5.00. The summed E-state index contributed by atoms with van der Waals surface area (Å²) in [7, 11) is 3.89. The van der Waals surface area contributed by atoms with E-state index in [0.717, 1.165) is 32.6 Å². The number of benzene rings is 2. The number of carbonyl (C=O) groups is 3. The van der Waals surface area contributed by atoms with E-state index >= 15 is 0 Å². The average molecular weight is 658 g/mol. The molecule has 0 bridgehead atoms. The molecule has 47 heavy (non-hydrogen) atoms. The molecule has 3 aliphatic rings. The zero-order valence-electron chi connectivity index (χ0n) is 26.2. The number of nitrogens with zero attached hydrogens (tertiary/aromatic N) is 7. The fourth-order valence-electron chi connectivity index (χ4n) is 6.28. The first-order chi connectivity index (χ1) is 22.6. The van der Waals surface area contributed by atoms with E-state index in [0.29, 0.717) is 5.13 Å². The Labute approximate surface area is 276 Å². The maximum absolute atomic E-state index is 14.3. The van der Waals surface area contributed by atoms with Gasteiger partial charge >= 0.3 is 6.03 Å². The number of nitrogens with one attached hydrogen (secondary N) is 1. The number of para-hydroxylation sites is 1. The number of alkyl halides is 1. The van der Waals surface area contributed by atoms with Crippen molar-refractivity contribution in [2.45, 2.75) is 37.8 Å². The molecule has 6 rings (SSSR count). The summed E-state index contributed by atoms with van der Waals surface area (Å²) < 4.78 is 14.4. The first kappa shape index (κ1) is 32.0. The zero-order valence-corrected chi connectivity index (χ0v) is 27.0. The largest absolute Gasteiger partial charge is 0.378 e. The van der Waals surface area contributed by atoms with Gasteiger partial charge in [0.2, 0.25) is 11.8 Å². The molecule has 0 radical (unpaired) electrons. The van der Waals surface area contributed by atoms with Crippen LogP contribution in [-0.2, 0) is 22.6 Å². The van der Waals surface area contributed by atoms with Gasteiger partial charge in [0.25, 0.3) is 0 Å². The molecular formula is C33H36FN9O3S. The molecular weight excluding hydrogens is 621 g/mol. The van der Waals surface area contributed by atoms with E-state index in [2.05, 4.69) is 10.3 Å². The maximum Gasteiger partial charge on any atom is 0.333 e. The van der Waals surface area contributed by atoms with E-state index in [1.54, 1.807) is 27.0 Å². The fourth-order valence-corrected chi connectivity index (χ4v) is 7.07. The Morgan fingerprint density at radius 3 is 2.70 bits per heavy atom. The summed E-state index contributed by atoms with van der Waals surface area (Å²) in [5.41, 5.74) is 10.2. The van der Waals surface area contributed by atoms with Gasteiger partial charge < -0.3 is 25.8 Å². The van der Waals surface area contributed by atoms with Gasteiger partial charge in [0, 0.05) is 45.7 Å². The average Bonchev–Trinajstić information content (AvgIpc) is 3.60. The predicted octanol–water partition coefficient (Wildman–Crippen LogP) is 3.04. The van der Waals surface area contributed by atoms with Gasteiger partial charge in [-0.25, -0.2) is 19.2 Å². The molecule has 2 saturated heterocycles. The standard InChI is InChI=1S/C33H36FN9O3S/c1-39(2)25-12-8-21(9-13-25)16-26-31(45)40(18-23-4-3-5-27-30(23)38-32(36)47-27)19-28-42(20-29(44)43(26)28)41(15-14-35)33(46)37-17-22-6-10-24(34)11-7-22/h3-10,12-13,24,26,28H,11,15-20H2,1-2H3,(H2,36,38)(H,37,46)/t24?,26-,28+/m0/s1. The van der Waals surface area contributed by atoms with Gasteiger partial charge in [-0.2, -0.15) is 10.3 Å². The molecule has 12 nitrogen and oxygen atoms in total. The number of aromatic nitrogens is 1. The van der Waals surface area contributed by atoms with Crippen LogP contribution in [0.25, 0.3) is 10.2 Å². The Morgan fingerprint density at radius 1 is 1.21 bits per heavy atom. The molecule has 3 aromatic rings. The van der Waals surface area contributed by atoms with Crippen LogP contribution < -0.4 is 16.0 Å². The van der Waals surface area contributed by atoms with Crippen LogP contribution >= 0.6 is 11.3 Å². The number of anilines is 2. The number of halogens is 1. The quantitative estimate of drug-likeness (QED) is 0.335. The SMILES string of the molecule is CN(C)c1ccc(C[C@H]2C(=O)N(Cc3cccc4sc(N)nc34)C[C@H]3N2C(=O)CN3N(CC#N)C(=O)NCC2=CCC(F)C=C2)cc1. The fraction of sp³-hybridized carbons (Fsp3) is 0.364. The predicted molar refractivity (Wildman–Crippen MR) is 178 cm³/mol. The lowest BCUT2D eigenvalue weighted by Crippen LogP contribution is -2.66. The van der Waals surface area contributed by atoms with Crippen molar-refractivity contribution >= 4 is 50.2 Å². The van der Waals surface area contributed by atoms with Crippen molar-refractivity contribution in [1.29, 1.82) is 5.26 Å². The maximum atomic E-state index is 14.3. The van der Waals surface area contributed by atoms with Crippen molar-refractivity contribution in [3.63, 3.8) is 0 Å². The molecule has 244 valence electrons. The minimum atomic E-state index is -1.05. The molecule has 1 aromatic heterocycles. The number of hydrazine groups is 1. The van der Waals surface area contributed by atoms with E-state index < -0.39 is 24.4 Å². The van der Waals surface area contributed by atoms with Crippen molar-refractivity contribution in [1.82, 2.24) is 30.1 Å². The van der Waals surface area contributed by atoms with E-state index in [9.17, 15) is 24.0 Å². The van der Waals surface area contributed by atoms with Gasteiger partial charge in [0.1, 0.15) is 24.9 Å². The molecule has 2 fully saturated rings. The normalized spacial score (nSPS) is 21.1. The van der Waals surface area contributed by atoms with E-state index in [4.69, 9.17) is 5.73 Å². The number of nitrogens with two attached hydrogens (primary N) is 1. The number of piperazine rings is 1. The number of hydrogen-bond acceptors (Lipinski definition) is 9. The van der Waals surface area contributed by atoms with Crippen molar-refractivity contribution in [3.05, 3.63) is 77.4 Å². The number of nitriles is 1. The molecule has 2 aliphatic heterocycles. The van der Waals surface area contributed by atoms with Crippen LogP contribution in [0.2, 0.25) is 0 Å². The summed E-state index contributed by atoms with van der Waals surface area (Å²) in [6.07, 6.45) is 3.53. The summed E-state index contributed by atoms with van der Waals surface area (Å²) in [5.74, 6) is -0.526. The third-order valence-electron chi connectivity index (χ3n) is 8.66. The van der Waals surface area contributed by atoms with E-state index in [-0.39, 0.29) is 57.4 Å². The third kappa shape index (κ3) is 6.63. The highest BCUT2D eigenvalue weighted by Gasteiger charge is 2.52. The lowest BCUT2D eigenvalue weighted by Gasteiger charge is -2.46. The lowest BCUT2D eigenvalue weighted by atomic mass is 9.99. The highest BCUT2D eigenvalue weighted by atomic mass is 32.1. The molecule has 0 spiro atoms. The summed E-state index contributed by atoms with van der Waals surface area (Å²) >= 11 is 1.37. The first-order valence-electron chi connectivity index (χ1n) is 15.3. The monoisotopic (exact) mass is 657 g/mol. The second-order valence-corrected chi connectivity index (χ2v) is 13.0. The van der Waals surface area contributed by atoms with Gasteiger partial charge in [-0.05, 0) is 34.9 Å². The van der Waals surface area contributed by atoms with Gasteiger partial charge in [0.15, 0.2) is 5.13 Å². The van der Waals surface area contributed by atoms with Gasteiger partial charge in [0.05, 0.1) is 29.4 Å². The molecule has 1 aliphatic carbocycles. The van der Waals surface area contributed by atoms with Crippen LogP contribution in [0, 0.1) is 11.3 Å². The molecule has 14 heteroatoms. The van der Waals surface area contributed by atoms with Gasteiger partial charge in [-0.3, -0.25) is 9.59 Å². The highest BCUT2D eigenvalue weighted by Crippen LogP contribution is 2.32. The molecule has 3 heterocycles. The summed E-state index contributed by atoms with van der Waals surface area (Å²) in [5, 5.41) is 15.7. The van der Waals surface area contributed by atoms with Gasteiger partial charge in [-0.15, -0.1) is 0 Å².